The molecule has 0 spiro atoms. The molecule has 39 heavy (non-hydrogen) atoms. The minimum Gasteiger partial charge on any atom is -0.366 e. The number of hydrogen-bond donors (Lipinski definition) is 1. The maximum absolute atomic E-state index is 12.8. The number of halogens is 1. The van der Waals surface area contributed by atoms with Gasteiger partial charge in [0.05, 0.1) is 26.1 Å². The quantitative estimate of drug-likeness (QED) is 0.235. The van der Waals surface area contributed by atoms with Crippen molar-refractivity contribution in [2.24, 2.45) is 0 Å². The minimum absolute atomic E-state index is 0.0702. The molecule has 2 aliphatic rings. The predicted octanol–water partition coefficient (Wildman–Crippen LogP) is 4.75. The number of aromatic nitrogens is 4. The molecule has 0 aliphatic carbocycles. The van der Waals surface area contributed by atoms with Crippen molar-refractivity contribution < 1.29 is 32.6 Å². The van der Waals surface area contributed by atoms with Gasteiger partial charge >= 0.3 is 7.60 Å². The standard InChI is InChI=1S/C25H33ClN5O7P/c1-5-34-39(32,35-6-2)15-33-13-17-19-20(38-25(3,4)37-19)23(36-17)31-14-28-18-21(29-24(26)30-22(18)31)27-12-16-10-8-7-9-11-16/h7-11,14,17,19-20,23H,5-6,12-13,15H2,1-4H3,(H,27,29,30)/t17?,19-,20-,23-/m1/s1. The van der Waals surface area contributed by atoms with Crippen LogP contribution in [-0.2, 0) is 39.1 Å². The third-order valence-corrected chi connectivity index (χ3v) is 8.25. The molecule has 0 bridgehead atoms. The zero-order valence-corrected chi connectivity index (χ0v) is 23.9. The highest BCUT2D eigenvalue weighted by Crippen LogP contribution is 2.49. The molecule has 212 valence electrons. The zero-order valence-electron chi connectivity index (χ0n) is 22.3. The first-order valence-electron chi connectivity index (χ1n) is 12.9. The van der Waals surface area contributed by atoms with E-state index < -0.39 is 37.9 Å². The van der Waals surface area contributed by atoms with Crippen LogP contribution >= 0.6 is 19.2 Å². The molecule has 4 heterocycles. The molecule has 14 heteroatoms. The van der Waals surface area contributed by atoms with Crippen molar-refractivity contribution in [3.8, 4) is 0 Å². The Hall–Kier alpha value is -2.15. The first-order chi connectivity index (χ1) is 18.7. The second kappa shape index (κ2) is 11.8. The van der Waals surface area contributed by atoms with E-state index in [2.05, 4.69) is 20.3 Å². The number of nitrogens with zero attached hydrogens (tertiary/aromatic N) is 4. The lowest BCUT2D eigenvalue weighted by molar-refractivity contribution is -0.201. The van der Waals surface area contributed by atoms with Crippen LogP contribution in [0, 0.1) is 0 Å². The van der Waals surface area contributed by atoms with E-state index in [0.29, 0.717) is 23.5 Å². The van der Waals surface area contributed by atoms with Crippen molar-refractivity contribution in [2.45, 2.75) is 64.6 Å². The molecule has 4 atom stereocenters. The van der Waals surface area contributed by atoms with E-state index in [4.69, 9.17) is 39.6 Å². The van der Waals surface area contributed by atoms with Gasteiger partial charge in [-0.2, -0.15) is 9.97 Å². The van der Waals surface area contributed by atoms with Crippen LogP contribution in [0.15, 0.2) is 36.7 Å². The second-order valence-corrected chi connectivity index (χ2v) is 11.9. The van der Waals surface area contributed by atoms with Crippen LogP contribution in [0.25, 0.3) is 11.2 Å². The van der Waals surface area contributed by atoms with Gasteiger partial charge in [-0.3, -0.25) is 9.13 Å². The molecule has 1 N–H and O–H groups in total. The summed E-state index contributed by atoms with van der Waals surface area (Å²) >= 11 is 6.32. The summed E-state index contributed by atoms with van der Waals surface area (Å²) in [5.74, 6) is -0.332. The lowest BCUT2D eigenvalue weighted by Crippen LogP contribution is -2.33. The Bertz CT molecular complexity index is 1320. The normalized spacial score (nSPS) is 24.3. The van der Waals surface area contributed by atoms with Gasteiger partial charge < -0.3 is 33.3 Å². The number of fused-ring (bicyclic) bond motifs is 2. The highest BCUT2D eigenvalue weighted by atomic mass is 35.5. The number of nitrogens with one attached hydrogen (secondary N) is 1. The molecule has 2 saturated heterocycles. The van der Waals surface area contributed by atoms with Crippen molar-refractivity contribution in [3.63, 3.8) is 0 Å². The Labute approximate surface area is 231 Å². The summed E-state index contributed by atoms with van der Waals surface area (Å²) < 4.78 is 49.8. The van der Waals surface area contributed by atoms with Gasteiger partial charge in [0.15, 0.2) is 29.0 Å². The monoisotopic (exact) mass is 581 g/mol. The maximum Gasteiger partial charge on any atom is 0.356 e. The van der Waals surface area contributed by atoms with Gasteiger partial charge in [0.1, 0.15) is 24.7 Å². The van der Waals surface area contributed by atoms with Gasteiger partial charge in [-0.25, -0.2) is 4.98 Å². The summed E-state index contributed by atoms with van der Waals surface area (Å²) in [4.78, 5) is 13.4. The highest BCUT2D eigenvalue weighted by Gasteiger charge is 2.56. The molecule has 2 fully saturated rings. The smallest absolute Gasteiger partial charge is 0.356 e. The average molecular weight is 582 g/mol. The Kier molecular flexibility index (Phi) is 8.56. The molecule has 5 rings (SSSR count). The number of ether oxygens (including phenoxy) is 4. The molecular formula is C25H33ClN5O7P. The molecular weight excluding hydrogens is 549 g/mol. The van der Waals surface area contributed by atoms with Crippen LogP contribution in [0.5, 0.6) is 0 Å². The van der Waals surface area contributed by atoms with Crippen LogP contribution in [0.1, 0.15) is 39.5 Å². The predicted molar refractivity (Wildman–Crippen MR) is 144 cm³/mol. The summed E-state index contributed by atoms with van der Waals surface area (Å²) in [5, 5.41) is 3.37. The van der Waals surface area contributed by atoms with Crippen molar-refractivity contribution in [2.75, 3.05) is 31.5 Å². The largest absolute Gasteiger partial charge is 0.366 e. The summed E-state index contributed by atoms with van der Waals surface area (Å²) in [6, 6.07) is 9.94. The maximum atomic E-state index is 12.8. The molecule has 0 saturated carbocycles. The third-order valence-electron chi connectivity index (χ3n) is 6.28. The van der Waals surface area contributed by atoms with Gasteiger partial charge in [0.25, 0.3) is 0 Å². The van der Waals surface area contributed by atoms with Crippen LogP contribution in [0.3, 0.4) is 0 Å². The number of imidazole rings is 1. The van der Waals surface area contributed by atoms with Crippen molar-refractivity contribution in [3.05, 3.63) is 47.5 Å². The Morgan fingerprint density at radius 3 is 2.54 bits per heavy atom. The lowest BCUT2D eigenvalue weighted by Gasteiger charge is -2.25. The van der Waals surface area contributed by atoms with Gasteiger partial charge in [-0.1, -0.05) is 30.3 Å². The number of rotatable bonds is 12. The van der Waals surface area contributed by atoms with E-state index in [9.17, 15) is 4.57 Å². The first-order valence-corrected chi connectivity index (χ1v) is 15.0. The topological polar surface area (TPSA) is 128 Å². The molecule has 1 aromatic carbocycles. The van der Waals surface area contributed by atoms with Crippen molar-refractivity contribution >= 4 is 36.2 Å². The first kappa shape index (κ1) is 28.4. The SMILES string of the molecule is CCOP(=O)(COCC1O[C@@H](n2cnc3c(NCc4ccccc4)nc(Cl)nc32)[C@@H]2OC(C)(C)O[C@H]12)OCC. The van der Waals surface area contributed by atoms with Crippen molar-refractivity contribution in [1.82, 2.24) is 19.5 Å². The molecule has 1 unspecified atom stereocenters. The highest BCUT2D eigenvalue weighted by molar-refractivity contribution is 7.53. The molecule has 0 radical (unpaired) electrons. The van der Waals surface area contributed by atoms with E-state index in [1.807, 2.05) is 44.2 Å². The van der Waals surface area contributed by atoms with Gasteiger partial charge in [-0.05, 0) is 44.9 Å². The Morgan fingerprint density at radius 2 is 1.82 bits per heavy atom. The number of benzene rings is 1. The van der Waals surface area contributed by atoms with Crippen LogP contribution < -0.4 is 5.32 Å². The molecule has 2 aliphatic heterocycles. The fourth-order valence-corrected chi connectivity index (χ4v) is 6.29. The van der Waals surface area contributed by atoms with E-state index in [1.54, 1.807) is 24.7 Å². The lowest BCUT2D eigenvalue weighted by atomic mass is 10.1. The average Bonchev–Trinajstić information content (AvgIpc) is 3.54. The van der Waals surface area contributed by atoms with Gasteiger partial charge in [-0.15, -0.1) is 0 Å². The van der Waals surface area contributed by atoms with Gasteiger partial charge in [0.2, 0.25) is 5.28 Å². The summed E-state index contributed by atoms with van der Waals surface area (Å²) in [7, 11) is -3.37. The Balaban J connectivity index is 1.36. The number of hydrogen-bond acceptors (Lipinski definition) is 11. The summed E-state index contributed by atoms with van der Waals surface area (Å²) in [5.41, 5.74) is 2.12. The third kappa shape index (κ3) is 6.28. The fourth-order valence-electron chi connectivity index (χ4n) is 4.78. The van der Waals surface area contributed by atoms with Crippen molar-refractivity contribution in [1.29, 1.82) is 0 Å². The van der Waals surface area contributed by atoms with E-state index in [-0.39, 0.29) is 31.5 Å². The fraction of sp³-hybridized carbons (Fsp3) is 0.560. The molecule has 3 aromatic rings. The van der Waals surface area contributed by atoms with E-state index in [1.165, 1.54) is 0 Å². The number of anilines is 1. The summed E-state index contributed by atoms with van der Waals surface area (Å²) in [6.07, 6.45) is -0.659. The summed E-state index contributed by atoms with van der Waals surface area (Å²) in [6.45, 7) is 8.32. The molecule has 2 aromatic heterocycles. The van der Waals surface area contributed by atoms with E-state index >= 15 is 0 Å². The minimum atomic E-state index is -3.37. The Morgan fingerprint density at radius 1 is 1.10 bits per heavy atom. The molecule has 12 nitrogen and oxygen atoms in total. The molecule has 0 amide bonds. The van der Waals surface area contributed by atoms with Crippen LogP contribution in [0.4, 0.5) is 5.82 Å². The zero-order chi connectivity index (χ0) is 27.6. The van der Waals surface area contributed by atoms with Crippen LogP contribution in [0.2, 0.25) is 5.28 Å². The van der Waals surface area contributed by atoms with Crippen LogP contribution in [-0.4, -0.2) is 69.8 Å². The second-order valence-electron chi connectivity index (χ2n) is 9.58. The van der Waals surface area contributed by atoms with Gasteiger partial charge in [0, 0.05) is 6.54 Å². The van der Waals surface area contributed by atoms with E-state index in [0.717, 1.165) is 5.56 Å².